The Morgan fingerprint density at radius 1 is 1.33 bits per heavy atom. The van der Waals surface area contributed by atoms with Crippen molar-refractivity contribution in [1.82, 2.24) is 14.9 Å². The minimum absolute atomic E-state index is 0.00619. The summed E-state index contributed by atoms with van der Waals surface area (Å²) in [4.78, 5) is 13.6. The number of aromatic nitrogens is 2. The summed E-state index contributed by atoms with van der Waals surface area (Å²) in [5.41, 5.74) is 0.769. The van der Waals surface area contributed by atoms with Crippen LogP contribution in [0, 0.1) is 0 Å². The normalized spacial score (nSPS) is 28.4. The Morgan fingerprint density at radius 2 is 2.11 bits per heavy atom. The SMILES string of the molecule is CC1CN2CCCC2CN1c1ncc(CO)cn1. The van der Waals surface area contributed by atoms with Gasteiger partial charge in [0.1, 0.15) is 0 Å². The lowest BCUT2D eigenvalue weighted by Gasteiger charge is -2.42. The highest BCUT2D eigenvalue weighted by Crippen LogP contribution is 2.26. The van der Waals surface area contributed by atoms with Gasteiger partial charge in [-0.1, -0.05) is 0 Å². The van der Waals surface area contributed by atoms with Crippen molar-refractivity contribution < 1.29 is 5.11 Å². The van der Waals surface area contributed by atoms with E-state index < -0.39 is 0 Å². The molecule has 2 aliphatic heterocycles. The first-order chi connectivity index (χ1) is 8.78. The zero-order valence-corrected chi connectivity index (χ0v) is 10.8. The van der Waals surface area contributed by atoms with Gasteiger partial charge in [0, 0.05) is 43.1 Å². The lowest BCUT2D eigenvalue weighted by molar-refractivity contribution is 0.201. The van der Waals surface area contributed by atoms with Gasteiger partial charge in [0.2, 0.25) is 5.95 Å². The van der Waals surface area contributed by atoms with E-state index in [0.717, 1.165) is 24.6 Å². The quantitative estimate of drug-likeness (QED) is 0.832. The van der Waals surface area contributed by atoms with Gasteiger partial charge in [-0.25, -0.2) is 9.97 Å². The highest BCUT2D eigenvalue weighted by Gasteiger charge is 2.35. The molecule has 98 valence electrons. The zero-order valence-electron chi connectivity index (χ0n) is 10.8. The molecule has 1 N–H and O–H groups in total. The van der Waals surface area contributed by atoms with E-state index in [9.17, 15) is 0 Å². The van der Waals surface area contributed by atoms with Gasteiger partial charge in [-0.15, -0.1) is 0 Å². The molecule has 2 atom stereocenters. The molecular weight excluding hydrogens is 228 g/mol. The Morgan fingerprint density at radius 3 is 2.83 bits per heavy atom. The van der Waals surface area contributed by atoms with Crippen molar-refractivity contribution >= 4 is 5.95 Å². The van der Waals surface area contributed by atoms with Gasteiger partial charge in [-0.05, 0) is 26.3 Å². The first-order valence-electron chi connectivity index (χ1n) is 6.70. The van der Waals surface area contributed by atoms with Crippen LogP contribution in [0.5, 0.6) is 0 Å². The highest BCUT2D eigenvalue weighted by molar-refractivity contribution is 5.33. The van der Waals surface area contributed by atoms with Crippen molar-refractivity contribution in [3.05, 3.63) is 18.0 Å². The van der Waals surface area contributed by atoms with Gasteiger partial charge in [-0.2, -0.15) is 0 Å². The Labute approximate surface area is 107 Å². The number of hydrogen-bond acceptors (Lipinski definition) is 5. The molecule has 0 amide bonds. The van der Waals surface area contributed by atoms with E-state index in [1.807, 2.05) is 0 Å². The van der Waals surface area contributed by atoms with Crippen LogP contribution in [-0.2, 0) is 6.61 Å². The Balaban J connectivity index is 1.77. The third kappa shape index (κ3) is 2.08. The van der Waals surface area contributed by atoms with Crippen molar-refractivity contribution in [3.63, 3.8) is 0 Å². The van der Waals surface area contributed by atoms with Crippen LogP contribution in [-0.4, -0.2) is 51.7 Å². The summed E-state index contributed by atoms with van der Waals surface area (Å²) in [6.07, 6.45) is 6.04. The van der Waals surface area contributed by atoms with Crippen molar-refractivity contribution in [1.29, 1.82) is 0 Å². The predicted octanol–water partition coefficient (Wildman–Crippen LogP) is 0.642. The largest absolute Gasteiger partial charge is 0.392 e. The molecule has 2 fully saturated rings. The van der Waals surface area contributed by atoms with Gasteiger partial charge in [0.05, 0.1) is 6.61 Å². The smallest absolute Gasteiger partial charge is 0.225 e. The molecule has 0 radical (unpaired) electrons. The molecule has 3 heterocycles. The summed E-state index contributed by atoms with van der Waals surface area (Å²) in [6.45, 7) is 5.62. The molecule has 3 rings (SSSR count). The average molecular weight is 248 g/mol. The van der Waals surface area contributed by atoms with E-state index in [1.54, 1.807) is 12.4 Å². The summed E-state index contributed by atoms with van der Waals surface area (Å²) in [6, 6.07) is 1.13. The molecule has 0 aliphatic carbocycles. The molecule has 2 aliphatic rings. The van der Waals surface area contributed by atoms with Crippen LogP contribution in [0.15, 0.2) is 12.4 Å². The number of fused-ring (bicyclic) bond motifs is 1. The molecule has 0 saturated carbocycles. The zero-order chi connectivity index (χ0) is 12.5. The van der Waals surface area contributed by atoms with Crippen LogP contribution in [0.3, 0.4) is 0 Å². The average Bonchev–Trinajstić information content (AvgIpc) is 2.85. The monoisotopic (exact) mass is 248 g/mol. The van der Waals surface area contributed by atoms with Crippen LogP contribution < -0.4 is 4.90 Å². The van der Waals surface area contributed by atoms with E-state index in [0.29, 0.717) is 12.1 Å². The topological polar surface area (TPSA) is 52.5 Å². The van der Waals surface area contributed by atoms with Crippen molar-refractivity contribution in [3.8, 4) is 0 Å². The minimum Gasteiger partial charge on any atom is -0.392 e. The lowest BCUT2D eigenvalue weighted by Crippen LogP contribution is -2.55. The first kappa shape index (κ1) is 11.9. The minimum atomic E-state index is 0.00619. The molecule has 2 saturated heterocycles. The van der Waals surface area contributed by atoms with E-state index in [4.69, 9.17) is 5.11 Å². The molecule has 5 heteroatoms. The maximum Gasteiger partial charge on any atom is 0.225 e. The standard InChI is InChI=1S/C13H20N4O/c1-10-7-16-4-2-3-12(16)8-17(10)13-14-5-11(9-18)6-15-13/h5-6,10,12,18H,2-4,7-9H2,1H3. The second-order valence-corrected chi connectivity index (χ2v) is 5.34. The van der Waals surface area contributed by atoms with Gasteiger partial charge in [-0.3, -0.25) is 4.90 Å². The van der Waals surface area contributed by atoms with Crippen LogP contribution in [0.1, 0.15) is 25.3 Å². The van der Waals surface area contributed by atoms with Gasteiger partial charge >= 0.3 is 0 Å². The maximum absolute atomic E-state index is 9.01. The van der Waals surface area contributed by atoms with E-state index >= 15 is 0 Å². The number of nitrogens with zero attached hydrogens (tertiary/aromatic N) is 4. The van der Waals surface area contributed by atoms with Crippen molar-refractivity contribution in [2.45, 2.75) is 38.5 Å². The molecule has 0 aromatic carbocycles. The summed E-state index contributed by atoms with van der Waals surface area (Å²) in [7, 11) is 0. The fraction of sp³-hybridized carbons (Fsp3) is 0.692. The van der Waals surface area contributed by atoms with E-state index in [2.05, 4.69) is 26.7 Å². The number of piperazine rings is 1. The molecule has 18 heavy (non-hydrogen) atoms. The predicted molar refractivity (Wildman–Crippen MR) is 69.4 cm³/mol. The molecule has 0 spiro atoms. The number of aliphatic hydroxyl groups is 1. The van der Waals surface area contributed by atoms with E-state index in [-0.39, 0.29) is 6.61 Å². The molecule has 5 nitrogen and oxygen atoms in total. The summed E-state index contributed by atoms with van der Waals surface area (Å²) in [5.74, 6) is 0.797. The van der Waals surface area contributed by atoms with Crippen LogP contribution >= 0.6 is 0 Å². The van der Waals surface area contributed by atoms with Gasteiger partial charge in [0.15, 0.2) is 0 Å². The Bertz CT molecular complexity index is 408. The number of aliphatic hydroxyl groups excluding tert-OH is 1. The molecular formula is C13H20N4O. The van der Waals surface area contributed by atoms with E-state index in [1.165, 1.54) is 19.4 Å². The van der Waals surface area contributed by atoms with Crippen molar-refractivity contribution in [2.24, 2.45) is 0 Å². The maximum atomic E-state index is 9.01. The summed E-state index contributed by atoms with van der Waals surface area (Å²) < 4.78 is 0. The second-order valence-electron chi connectivity index (χ2n) is 5.34. The van der Waals surface area contributed by atoms with Crippen LogP contribution in [0.4, 0.5) is 5.95 Å². The fourth-order valence-electron chi connectivity index (χ4n) is 3.04. The van der Waals surface area contributed by atoms with Gasteiger partial charge in [0.25, 0.3) is 0 Å². The summed E-state index contributed by atoms with van der Waals surface area (Å²) in [5, 5.41) is 9.01. The Hall–Kier alpha value is -1.20. The highest BCUT2D eigenvalue weighted by atomic mass is 16.3. The summed E-state index contributed by atoms with van der Waals surface area (Å²) >= 11 is 0. The first-order valence-corrected chi connectivity index (χ1v) is 6.70. The second kappa shape index (κ2) is 4.82. The molecule has 1 aromatic heterocycles. The van der Waals surface area contributed by atoms with Crippen LogP contribution in [0.2, 0.25) is 0 Å². The van der Waals surface area contributed by atoms with Crippen LogP contribution in [0.25, 0.3) is 0 Å². The third-order valence-electron chi connectivity index (χ3n) is 4.07. The van der Waals surface area contributed by atoms with Gasteiger partial charge < -0.3 is 10.0 Å². The molecule has 2 unspecified atom stereocenters. The third-order valence-corrected chi connectivity index (χ3v) is 4.07. The van der Waals surface area contributed by atoms with Crippen molar-refractivity contribution in [2.75, 3.05) is 24.5 Å². The number of rotatable bonds is 2. The fourth-order valence-corrected chi connectivity index (χ4v) is 3.04. The number of anilines is 1. The molecule has 0 bridgehead atoms. The molecule has 1 aromatic rings. The lowest BCUT2D eigenvalue weighted by atomic mass is 10.1. The Kier molecular flexibility index (Phi) is 3.18. The number of hydrogen-bond donors (Lipinski definition) is 1.